The number of aryl methyl sites for hydroxylation is 1. The van der Waals surface area contributed by atoms with Gasteiger partial charge >= 0.3 is 0 Å². The van der Waals surface area contributed by atoms with Gasteiger partial charge in [0.25, 0.3) is 0 Å². The SMILES string of the molecule is COc1ccc2nc(NCCc3nncn3C)sc2c1. The molecule has 3 aromatic rings. The number of methoxy groups -OCH3 is 1. The summed E-state index contributed by atoms with van der Waals surface area (Å²) in [6.07, 6.45) is 2.52. The van der Waals surface area contributed by atoms with E-state index in [2.05, 4.69) is 20.5 Å². The van der Waals surface area contributed by atoms with Crippen molar-refractivity contribution < 1.29 is 4.74 Å². The third-order valence-electron chi connectivity index (χ3n) is 3.03. The second-order valence-corrected chi connectivity index (χ2v) is 5.42. The summed E-state index contributed by atoms with van der Waals surface area (Å²) in [7, 11) is 3.61. The number of rotatable bonds is 5. The zero-order chi connectivity index (χ0) is 13.9. The highest BCUT2D eigenvalue weighted by Crippen LogP contribution is 2.28. The topological polar surface area (TPSA) is 64.9 Å². The van der Waals surface area contributed by atoms with Gasteiger partial charge < -0.3 is 14.6 Å². The van der Waals surface area contributed by atoms with E-state index in [1.54, 1.807) is 24.8 Å². The molecule has 0 saturated carbocycles. The molecule has 104 valence electrons. The molecule has 6 nitrogen and oxygen atoms in total. The molecule has 7 heteroatoms. The number of ether oxygens (including phenoxy) is 1. The summed E-state index contributed by atoms with van der Waals surface area (Å²) in [6, 6.07) is 5.89. The molecular weight excluding hydrogens is 274 g/mol. The Hall–Kier alpha value is -2.15. The predicted molar refractivity (Wildman–Crippen MR) is 79.4 cm³/mol. The van der Waals surface area contributed by atoms with Gasteiger partial charge in [0.2, 0.25) is 0 Å². The van der Waals surface area contributed by atoms with Crippen LogP contribution in [0.25, 0.3) is 10.2 Å². The lowest BCUT2D eigenvalue weighted by molar-refractivity contribution is 0.415. The standard InChI is InChI=1S/C13H15N5OS/c1-18-8-15-17-12(18)5-6-14-13-16-10-4-3-9(19-2)7-11(10)20-13/h3-4,7-8H,5-6H2,1-2H3,(H,14,16). The lowest BCUT2D eigenvalue weighted by Crippen LogP contribution is -2.08. The molecule has 1 aromatic carbocycles. The highest BCUT2D eigenvalue weighted by Gasteiger charge is 2.05. The Morgan fingerprint density at radius 3 is 3.05 bits per heavy atom. The molecule has 0 unspecified atom stereocenters. The summed E-state index contributed by atoms with van der Waals surface area (Å²) < 4.78 is 8.25. The van der Waals surface area contributed by atoms with Crippen molar-refractivity contribution in [3.05, 3.63) is 30.4 Å². The lowest BCUT2D eigenvalue weighted by Gasteiger charge is -2.01. The Morgan fingerprint density at radius 1 is 1.40 bits per heavy atom. The van der Waals surface area contributed by atoms with Crippen LogP contribution in [0.15, 0.2) is 24.5 Å². The average molecular weight is 289 g/mol. The van der Waals surface area contributed by atoms with Crippen LogP contribution in [0, 0.1) is 0 Å². The third-order valence-corrected chi connectivity index (χ3v) is 4.00. The molecular formula is C13H15N5OS. The van der Waals surface area contributed by atoms with E-state index in [0.717, 1.165) is 39.9 Å². The third kappa shape index (κ3) is 2.57. The molecule has 0 aliphatic carbocycles. The van der Waals surface area contributed by atoms with E-state index < -0.39 is 0 Å². The number of nitrogens with zero attached hydrogens (tertiary/aromatic N) is 4. The Morgan fingerprint density at radius 2 is 2.30 bits per heavy atom. The first-order chi connectivity index (χ1) is 9.76. The molecule has 0 aliphatic rings. The minimum Gasteiger partial charge on any atom is -0.497 e. The van der Waals surface area contributed by atoms with Gasteiger partial charge in [-0.2, -0.15) is 0 Å². The maximum Gasteiger partial charge on any atom is 0.183 e. The number of hydrogen-bond acceptors (Lipinski definition) is 6. The maximum absolute atomic E-state index is 5.22. The van der Waals surface area contributed by atoms with Gasteiger partial charge in [0, 0.05) is 20.0 Å². The van der Waals surface area contributed by atoms with Gasteiger partial charge in [-0.25, -0.2) is 4.98 Å². The van der Waals surface area contributed by atoms with Crippen LogP contribution in [0.4, 0.5) is 5.13 Å². The van der Waals surface area contributed by atoms with Crippen molar-refractivity contribution >= 4 is 26.7 Å². The first-order valence-electron chi connectivity index (χ1n) is 6.27. The van der Waals surface area contributed by atoms with Crippen LogP contribution in [0.1, 0.15) is 5.82 Å². The molecule has 0 bridgehead atoms. The largest absolute Gasteiger partial charge is 0.497 e. The monoisotopic (exact) mass is 289 g/mol. The minimum atomic E-state index is 0.781. The number of fused-ring (bicyclic) bond motifs is 1. The van der Waals surface area contributed by atoms with Crippen molar-refractivity contribution in [1.29, 1.82) is 0 Å². The molecule has 0 amide bonds. The van der Waals surface area contributed by atoms with E-state index in [4.69, 9.17) is 4.74 Å². The van der Waals surface area contributed by atoms with Crippen LogP contribution in [-0.2, 0) is 13.5 Å². The van der Waals surface area contributed by atoms with Crippen LogP contribution in [-0.4, -0.2) is 33.4 Å². The van der Waals surface area contributed by atoms with Crippen LogP contribution in [0.2, 0.25) is 0 Å². The Labute approximate surface area is 120 Å². The molecule has 0 aliphatic heterocycles. The van der Waals surface area contributed by atoms with Gasteiger partial charge in [-0.3, -0.25) is 0 Å². The zero-order valence-electron chi connectivity index (χ0n) is 11.3. The number of aromatic nitrogens is 4. The predicted octanol–water partition coefficient (Wildman–Crippen LogP) is 2.09. The molecule has 0 saturated heterocycles. The number of nitrogens with one attached hydrogen (secondary N) is 1. The Kier molecular flexibility index (Phi) is 3.51. The van der Waals surface area contributed by atoms with Gasteiger partial charge in [-0.1, -0.05) is 11.3 Å². The summed E-state index contributed by atoms with van der Waals surface area (Å²) >= 11 is 1.62. The van der Waals surface area contributed by atoms with Crippen molar-refractivity contribution in [2.24, 2.45) is 7.05 Å². The van der Waals surface area contributed by atoms with Crippen molar-refractivity contribution in [1.82, 2.24) is 19.7 Å². The molecule has 20 heavy (non-hydrogen) atoms. The van der Waals surface area contributed by atoms with Gasteiger partial charge in [-0.15, -0.1) is 10.2 Å². The molecule has 0 radical (unpaired) electrons. The summed E-state index contributed by atoms with van der Waals surface area (Å²) in [5, 5.41) is 12.1. The quantitative estimate of drug-likeness (QED) is 0.779. The van der Waals surface area contributed by atoms with Gasteiger partial charge in [0.05, 0.1) is 17.3 Å². The van der Waals surface area contributed by atoms with Gasteiger partial charge in [0.15, 0.2) is 5.13 Å². The van der Waals surface area contributed by atoms with E-state index in [-0.39, 0.29) is 0 Å². The molecule has 0 fully saturated rings. The number of benzene rings is 1. The normalized spacial score (nSPS) is 10.9. The van der Waals surface area contributed by atoms with E-state index in [1.807, 2.05) is 29.8 Å². The summed E-state index contributed by atoms with van der Waals surface area (Å²) in [5.74, 6) is 1.81. The van der Waals surface area contributed by atoms with Crippen molar-refractivity contribution in [2.75, 3.05) is 19.0 Å². The summed E-state index contributed by atoms with van der Waals surface area (Å²) in [6.45, 7) is 0.781. The second kappa shape index (κ2) is 5.46. The second-order valence-electron chi connectivity index (χ2n) is 4.39. The van der Waals surface area contributed by atoms with Crippen LogP contribution >= 0.6 is 11.3 Å². The first kappa shape index (κ1) is 12.9. The fraction of sp³-hybridized carbons (Fsp3) is 0.308. The highest BCUT2D eigenvalue weighted by molar-refractivity contribution is 7.22. The zero-order valence-corrected chi connectivity index (χ0v) is 12.1. The number of anilines is 1. The summed E-state index contributed by atoms with van der Waals surface area (Å²) in [5.41, 5.74) is 0.983. The molecule has 2 aromatic heterocycles. The highest BCUT2D eigenvalue weighted by atomic mass is 32.1. The van der Waals surface area contributed by atoms with Crippen LogP contribution in [0.5, 0.6) is 5.75 Å². The average Bonchev–Trinajstić information content (AvgIpc) is 3.04. The van der Waals surface area contributed by atoms with Gasteiger partial charge in [-0.05, 0) is 18.2 Å². The molecule has 1 N–H and O–H groups in total. The fourth-order valence-corrected chi connectivity index (χ4v) is 2.84. The number of hydrogen-bond donors (Lipinski definition) is 1. The van der Waals surface area contributed by atoms with Crippen LogP contribution in [0.3, 0.4) is 0 Å². The maximum atomic E-state index is 5.22. The van der Waals surface area contributed by atoms with E-state index in [9.17, 15) is 0 Å². The smallest absolute Gasteiger partial charge is 0.183 e. The summed E-state index contributed by atoms with van der Waals surface area (Å²) in [4.78, 5) is 4.54. The first-order valence-corrected chi connectivity index (χ1v) is 7.09. The number of thiazole rings is 1. The van der Waals surface area contributed by atoms with E-state index in [1.165, 1.54) is 0 Å². The molecule has 3 rings (SSSR count). The van der Waals surface area contributed by atoms with Crippen LogP contribution < -0.4 is 10.1 Å². The minimum absolute atomic E-state index is 0.781. The lowest BCUT2D eigenvalue weighted by atomic mass is 10.3. The fourth-order valence-electron chi connectivity index (χ4n) is 1.92. The van der Waals surface area contributed by atoms with Gasteiger partial charge in [0.1, 0.15) is 17.9 Å². The molecule has 0 spiro atoms. The Balaban J connectivity index is 1.67. The molecule has 0 atom stereocenters. The van der Waals surface area contributed by atoms with E-state index in [0.29, 0.717) is 0 Å². The van der Waals surface area contributed by atoms with Crippen molar-refractivity contribution in [3.8, 4) is 5.75 Å². The van der Waals surface area contributed by atoms with E-state index >= 15 is 0 Å². The Bertz CT molecular complexity index is 720. The molecule has 2 heterocycles. The van der Waals surface area contributed by atoms with Crippen molar-refractivity contribution in [2.45, 2.75) is 6.42 Å². The van der Waals surface area contributed by atoms with Crippen molar-refractivity contribution in [3.63, 3.8) is 0 Å².